The van der Waals surface area contributed by atoms with Crippen molar-refractivity contribution in [3.63, 3.8) is 0 Å². The SMILES string of the molecule is CC(C)OC(=O)Oc1cc(Cl)c(OC(=O)OC(C)C)c2ccccc12. The van der Waals surface area contributed by atoms with E-state index in [1.807, 2.05) is 0 Å². The summed E-state index contributed by atoms with van der Waals surface area (Å²) in [6, 6.07) is 8.30. The molecule has 0 aliphatic rings. The van der Waals surface area contributed by atoms with Crippen molar-refractivity contribution in [3.05, 3.63) is 35.4 Å². The second-order valence-electron chi connectivity index (χ2n) is 5.77. The number of carbonyl (C=O) groups excluding carboxylic acids is 2. The molecule has 2 aromatic carbocycles. The van der Waals surface area contributed by atoms with Crippen molar-refractivity contribution in [2.24, 2.45) is 0 Å². The first-order chi connectivity index (χ1) is 11.8. The zero-order valence-electron chi connectivity index (χ0n) is 14.4. The summed E-state index contributed by atoms with van der Waals surface area (Å²) in [5, 5.41) is 1.15. The fourth-order valence-electron chi connectivity index (χ4n) is 2.08. The van der Waals surface area contributed by atoms with Crippen LogP contribution in [0.5, 0.6) is 11.5 Å². The number of hydrogen-bond donors (Lipinski definition) is 0. The number of ether oxygens (including phenoxy) is 4. The van der Waals surface area contributed by atoms with Gasteiger partial charge in [0, 0.05) is 16.8 Å². The van der Waals surface area contributed by atoms with E-state index in [0.29, 0.717) is 10.8 Å². The van der Waals surface area contributed by atoms with E-state index in [4.69, 9.17) is 30.5 Å². The maximum atomic E-state index is 11.8. The molecule has 0 aliphatic carbocycles. The molecule has 2 rings (SSSR count). The van der Waals surface area contributed by atoms with Crippen molar-refractivity contribution in [2.75, 3.05) is 0 Å². The second-order valence-corrected chi connectivity index (χ2v) is 6.18. The van der Waals surface area contributed by atoms with Crippen molar-refractivity contribution in [2.45, 2.75) is 39.9 Å². The van der Waals surface area contributed by atoms with Gasteiger partial charge in [-0.25, -0.2) is 9.59 Å². The molecule has 0 unspecified atom stereocenters. The molecule has 0 aliphatic heterocycles. The fourth-order valence-corrected chi connectivity index (χ4v) is 2.32. The Morgan fingerprint density at radius 1 is 0.880 bits per heavy atom. The predicted octanol–water partition coefficient (Wildman–Crippen LogP) is 5.34. The number of fused-ring (bicyclic) bond motifs is 1. The van der Waals surface area contributed by atoms with Gasteiger partial charge in [0.25, 0.3) is 0 Å². The first kappa shape index (κ1) is 18.9. The van der Waals surface area contributed by atoms with E-state index in [0.717, 1.165) is 0 Å². The second kappa shape index (κ2) is 8.07. The molecule has 25 heavy (non-hydrogen) atoms. The smallest absolute Gasteiger partial charge is 0.431 e. The van der Waals surface area contributed by atoms with E-state index in [2.05, 4.69) is 0 Å². The summed E-state index contributed by atoms with van der Waals surface area (Å²) >= 11 is 6.21. The Morgan fingerprint density at radius 3 is 1.96 bits per heavy atom. The van der Waals surface area contributed by atoms with Gasteiger partial charge in [0.2, 0.25) is 0 Å². The highest BCUT2D eigenvalue weighted by Crippen LogP contribution is 2.40. The van der Waals surface area contributed by atoms with Gasteiger partial charge in [0.15, 0.2) is 5.75 Å². The van der Waals surface area contributed by atoms with Crippen LogP contribution in [0, 0.1) is 0 Å². The summed E-state index contributed by atoms with van der Waals surface area (Å²) in [6.45, 7) is 6.84. The quantitative estimate of drug-likeness (QED) is 0.537. The van der Waals surface area contributed by atoms with Crippen LogP contribution in [0.1, 0.15) is 27.7 Å². The molecular formula is C18H19ClO6. The lowest BCUT2D eigenvalue weighted by atomic mass is 10.1. The van der Waals surface area contributed by atoms with Crippen molar-refractivity contribution >= 4 is 34.7 Å². The van der Waals surface area contributed by atoms with Crippen LogP contribution >= 0.6 is 11.6 Å². The number of benzene rings is 2. The number of carbonyl (C=O) groups is 2. The summed E-state index contributed by atoms with van der Waals surface area (Å²) < 4.78 is 20.4. The maximum Gasteiger partial charge on any atom is 0.514 e. The average Bonchev–Trinajstić information content (AvgIpc) is 2.49. The molecule has 6 nitrogen and oxygen atoms in total. The monoisotopic (exact) mass is 366 g/mol. The van der Waals surface area contributed by atoms with Crippen molar-refractivity contribution in [3.8, 4) is 11.5 Å². The zero-order valence-corrected chi connectivity index (χ0v) is 15.1. The highest BCUT2D eigenvalue weighted by atomic mass is 35.5. The molecule has 0 bridgehead atoms. The van der Waals surface area contributed by atoms with Gasteiger partial charge in [0.1, 0.15) is 5.75 Å². The number of rotatable bonds is 4. The normalized spacial score (nSPS) is 10.8. The van der Waals surface area contributed by atoms with Crippen LogP contribution in [0.3, 0.4) is 0 Å². The number of hydrogen-bond acceptors (Lipinski definition) is 6. The third kappa shape index (κ3) is 5.00. The summed E-state index contributed by atoms with van der Waals surface area (Å²) in [7, 11) is 0. The van der Waals surface area contributed by atoms with Crippen LogP contribution in [-0.2, 0) is 9.47 Å². The molecular weight excluding hydrogens is 348 g/mol. The Bertz CT molecular complexity index is 784. The van der Waals surface area contributed by atoms with Gasteiger partial charge in [0.05, 0.1) is 17.2 Å². The Morgan fingerprint density at radius 2 is 1.40 bits per heavy atom. The first-order valence-electron chi connectivity index (χ1n) is 7.76. The molecule has 0 amide bonds. The van der Waals surface area contributed by atoms with Crippen LogP contribution in [0.15, 0.2) is 30.3 Å². The van der Waals surface area contributed by atoms with E-state index in [1.54, 1.807) is 52.0 Å². The first-order valence-corrected chi connectivity index (χ1v) is 8.14. The van der Waals surface area contributed by atoms with Crippen molar-refractivity contribution in [1.82, 2.24) is 0 Å². The Balaban J connectivity index is 2.40. The Labute approximate surface area is 150 Å². The summed E-state index contributed by atoms with van der Waals surface area (Å²) in [4.78, 5) is 23.6. The van der Waals surface area contributed by atoms with Gasteiger partial charge >= 0.3 is 12.3 Å². The Kier molecular flexibility index (Phi) is 6.09. The van der Waals surface area contributed by atoms with Crippen LogP contribution in [0.4, 0.5) is 9.59 Å². The largest absolute Gasteiger partial charge is 0.514 e. The summed E-state index contributed by atoms with van der Waals surface area (Å²) in [5.41, 5.74) is 0. The minimum absolute atomic E-state index is 0.103. The van der Waals surface area contributed by atoms with Gasteiger partial charge in [-0.1, -0.05) is 35.9 Å². The molecule has 134 valence electrons. The van der Waals surface area contributed by atoms with Gasteiger partial charge in [-0.05, 0) is 27.7 Å². The van der Waals surface area contributed by atoms with Gasteiger partial charge in [-0.3, -0.25) is 0 Å². The van der Waals surface area contributed by atoms with Crippen molar-refractivity contribution < 1.29 is 28.5 Å². The van der Waals surface area contributed by atoms with Gasteiger partial charge in [-0.15, -0.1) is 0 Å². The van der Waals surface area contributed by atoms with E-state index < -0.39 is 12.3 Å². The lowest BCUT2D eigenvalue weighted by Gasteiger charge is -2.15. The third-order valence-electron chi connectivity index (χ3n) is 2.95. The van der Waals surface area contributed by atoms with Gasteiger partial charge < -0.3 is 18.9 Å². The molecule has 0 N–H and O–H groups in total. The lowest BCUT2D eigenvalue weighted by molar-refractivity contribution is 0.0713. The third-order valence-corrected chi connectivity index (χ3v) is 3.24. The molecule has 0 aromatic heterocycles. The highest BCUT2D eigenvalue weighted by molar-refractivity contribution is 6.33. The minimum Gasteiger partial charge on any atom is -0.431 e. The number of halogens is 1. The van der Waals surface area contributed by atoms with E-state index in [9.17, 15) is 9.59 Å². The topological polar surface area (TPSA) is 71.1 Å². The lowest BCUT2D eigenvalue weighted by Crippen LogP contribution is -2.17. The Hall–Kier alpha value is -2.47. The molecule has 0 spiro atoms. The molecule has 0 saturated carbocycles. The average molecular weight is 367 g/mol. The minimum atomic E-state index is -0.866. The van der Waals surface area contributed by atoms with E-state index in [1.165, 1.54) is 6.07 Å². The zero-order chi connectivity index (χ0) is 18.6. The van der Waals surface area contributed by atoms with Crippen LogP contribution in [-0.4, -0.2) is 24.5 Å². The highest BCUT2D eigenvalue weighted by Gasteiger charge is 2.19. The van der Waals surface area contributed by atoms with Gasteiger partial charge in [-0.2, -0.15) is 0 Å². The fraction of sp³-hybridized carbons (Fsp3) is 0.333. The molecule has 0 heterocycles. The molecule has 0 fully saturated rings. The molecule has 0 atom stereocenters. The maximum absolute atomic E-state index is 11.8. The van der Waals surface area contributed by atoms with Crippen LogP contribution < -0.4 is 9.47 Å². The molecule has 0 radical (unpaired) electrons. The van der Waals surface area contributed by atoms with Crippen LogP contribution in [0.2, 0.25) is 5.02 Å². The summed E-state index contributed by atoms with van der Waals surface area (Å²) in [5.74, 6) is 0.336. The standard InChI is InChI=1S/C18H19ClO6/c1-10(2)22-17(20)24-15-9-14(19)16(25-18(21)23-11(3)4)13-8-6-5-7-12(13)15/h5-11H,1-4H3. The van der Waals surface area contributed by atoms with Crippen molar-refractivity contribution in [1.29, 1.82) is 0 Å². The molecule has 0 saturated heterocycles. The molecule has 7 heteroatoms. The molecule has 2 aromatic rings. The van der Waals surface area contributed by atoms with E-state index in [-0.39, 0.29) is 28.7 Å². The summed E-state index contributed by atoms with van der Waals surface area (Å²) in [6.07, 6.45) is -2.35. The van der Waals surface area contributed by atoms with E-state index >= 15 is 0 Å². The predicted molar refractivity (Wildman–Crippen MR) is 93.4 cm³/mol. The van der Waals surface area contributed by atoms with Crippen LogP contribution in [0.25, 0.3) is 10.8 Å².